The van der Waals surface area contributed by atoms with Gasteiger partial charge in [-0.2, -0.15) is 0 Å². The Hall–Kier alpha value is -0.860. The Bertz CT molecular complexity index is 296. The number of aryl methyl sites for hydroxylation is 1. The topological polar surface area (TPSA) is 29.3 Å². The zero-order valence-electron chi connectivity index (χ0n) is 10.0. The lowest BCUT2D eigenvalue weighted by molar-refractivity contribution is 0.262. The van der Waals surface area contributed by atoms with Crippen LogP contribution in [0.1, 0.15) is 31.0 Å². The van der Waals surface area contributed by atoms with Crippen molar-refractivity contribution in [3.05, 3.63) is 35.4 Å². The lowest BCUT2D eigenvalue weighted by Gasteiger charge is -2.27. The summed E-state index contributed by atoms with van der Waals surface area (Å²) in [5.41, 5.74) is 8.65. The van der Waals surface area contributed by atoms with Crippen LogP contribution in [0.4, 0.5) is 0 Å². The summed E-state index contributed by atoms with van der Waals surface area (Å²) in [5, 5.41) is 0. The van der Waals surface area contributed by atoms with Gasteiger partial charge in [0.1, 0.15) is 0 Å². The molecular weight excluding hydrogens is 184 g/mol. The van der Waals surface area contributed by atoms with Crippen molar-refractivity contribution in [2.24, 2.45) is 5.73 Å². The van der Waals surface area contributed by atoms with Gasteiger partial charge in [0, 0.05) is 12.6 Å². The molecule has 2 N–H and O–H groups in total. The van der Waals surface area contributed by atoms with E-state index < -0.39 is 0 Å². The molecule has 2 nitrogen and oxygen atoms in total. The minimum Gasteiger partial charge on any atom is -0.329 e. The summed E-state index contributed by atoms with van der Waals surface area (Å²) >= 11 is 0. The molecule has 1 unspecified atom stereocenters. The monoisotopic (exact) mass is 206 g/mol. The van der Waals surface area contributed by atoms with E-state index in [1.54, 1.807) is 0 Å². The molecule has 0 radical (unpaired) electrons. The number of hydrogen-bond donors (Lipinski definition) is 1. The van der Waals surface area contributed by atoms with Gasteiger partial charge in [0.25, 0.3) is 0 Å². The summed E-state index contributed by atoms with van der Waals surface area (Å²) in [6, 6.07) is 8.94. The predicted octanol–water partition coefficient (Wildman–Crippen LogP) is 2.20. The molecule has 2 heteroatoms. The van der Waals surface area contributed by atoms with E-state index in [2.05, 4.69) is 50.1 Å². The molecule has 0 aromatic heterocycles. The molecule has 1 aromatic carbocycles. The first-order valence-corrected chi connectivity index (χ1v) is 5.72. The summed E-state index contributed by atoms with van der Waals surface area (Å²) < 4.78 is 0. The third kappa shape index (κ3) is 2.80. The zero-order chi connectivity index (χ0) is 11.3. The van der Waals surface area contributed by atoms with Gasteiger partial charge >= 0.3 is 0 Å². The normalized spacial score (nSPS) is 13.1. The second-order valence-corrected chi connectivity index (χ2v) is 3.88. The highest BCUT2D eigenvalue weighted by atomic mass is 15.1. The van der Waals surface area contributed by atoms with Crippen molar-refractivity contribution in [1.82, 2.24) is 4.90 Å². The third-order valence-electron chi connectivity index (χ3n) is 3.05. The fourth-order valence-corrected chi connectivity index (χ4v) is 1.95. The Morgan fingerprint density at radius 3 is 2.47 bits per heavy atom. The Balaban J connectivity index is 3.00. The molecule has 1 rings (SSSR count). The van der Waals surface area contributed by atoms with Gasteiger partial charge in [0.05, 0.1) is 0 Å². The Morgan fingerprint density at radius 2 is 1.93 bits per heavy atom. The van der Waals surface area contributed by atoms with Crippen LogP contribution in [0, 0.1) is 0 Å². The van der Waals surface area contributed by atoms with E-state index >= 15 is 0 Å². The Kier molecular flexibility index (Phi) is 4.79. The van der Waals surface area contributed by atoms with E-state index in [0.29, 0.717) is 12.6 Å². The molecule has 0 aliphatic heterocycles. The van der Waals surface area contributed by atoms with Gasteiger partial charge in [-0.25, -0.2) is 0 Å². The van der Waals surface area contributed by atoms with Crippen LogP contribution in [-0.4, -0.2) is 25.0 Å². The predicted molar refractivity (Wildman–Crippen MR) is 65.9 cm³/mol. The number of benzene rings is 1. The van der Waals surface area contributed by atoms with Crippen molar-refractivity contribution < 1.29 is 0 Å². The Morgan fingerprint density at radius 1 is 1.27 bits per heavy atom. The fourth-order valence-electron chi connectivity index (χ4n) is 1.95. The lowest BCUT2D eigenvalue weighted by atomic mass is 9.98. The van der Waals surface area contributed by atoms with E-state index in [4.69, 9.17) is 5.73 Å². The molecule has 0 amide bonds. The molecule has 0 spiro atoms. The van der Waals surface area contributed by atoms with Crippen molar-refractivity contribution in [2.75, 3.05) is 20.1 Å². The van der Waals surface area contributed by atoms with Gasteiger partial charge in [-0.1, -0.05) is 38.1 Å². The van der Waals surface area contributed by atoms with Crippen LogP contribution in [0.25, 0.3) is 0 Å². The molecule has 0 heterocycles. The minimum absolute atomic E-state index is 0.353. The first kappa shape index (κ1) is 12.2. The van der Waals surface area contributed by atoms with Crippen molar-refractivity contribution in [1.29, 1.82) is 0 Å². The van der Waals surface area contributed by atoms with Crippen LogP contribution in [-0.2, 0) is 6.42 Å². The van der Waals surface area contributed by atoms with E-state index in [0.717, 1.165) is 13.0 Å². The number of hydrogen-bond acceptors (Lipinski definition) is 2. The quantitative estimate of drug-likeness (QED) is 0.800. The van der Waals surface area contributed by atoms with Crippen molar-refractivity contribution >= 4 is 0 Å². The molecule has 0 aliphatic rings. The fraction of sp³-hybridized carbons (Fsp3) is 0.538. The maximum absolute atomic E-state index is 5.86. The van der Waals surface area contributed by atoms with Crippen molar-refractivity contribution in [3.8, 4) is 0 Å². The summed E-state index contributed by atoms with van der Waals surface area (Å²) in [4.78, 5) is 2.30. The van der Waals surface area contributed by atoms with Crippen LogP contribution >= 0.6 is 0 Å². The highest BCUT2D eigenvalue weighted by Crippen LogP contribution is 2.22. The highest BCUT2D eigenvalue weighted by Gasteiger charge is 2.15. The van der Waals surface area contributed by atoms with Gasteiger partial charge in [0.2, 0.25) is 0 Å². The highest BCUT2D eigenvalue weighted by molar-refractivity contribution is 5.30. The van der Waals surface area contributed by atoms with Gasteiger partial charge in [0.15, 0.2) is 0 Å². The molecule has 1 aromatic rings. The summed E-state index contributed by atoms with van der Waals surface area (Å²) in [6.07, 6.45) is 1.07. The van der Waals surface area contributed by atoms with Crippen molar-refractivity contribution in [2.45, 2.75) is 26.3 Å². The molecule has 0 saturated heterocycles. The van der Waals surface area contributed by atoms with Gasteiger partial charge in [-0.3, -0.25) is 4.90 Å². The van der Waals surface area contributed by atoms with Crippen molar-refractivity contribution in [3.63, 3.8) is 0 Å². The smallest absolute Gasteiger partial charge is 0.0470 e. The second kappa shape index (κ2) is 5.89. The van der Waals surface area contributed by atoms with Crippen LogP contribution in [0.5, 0.6) is 0 Å². The average molecular weight is 206 g/mol. The number of nitrogens with two attached hydrogens (primary N) is 1. The maximum Gasteiger partial charge on any atom is 0.0470 e. The molecule has 0 bridgehead atoms. The second-order valence-electron chi connectivity index (χ2n) is 3.88. The van der Waals surface area contributed by atoms with E-state index in [1.807, 2.05) is 0 Å². The van der Waals surface area contributed by atoms with Gasteiger partial charge in [-0.05, 0) is 31.1 Å². The first-order chi connectivity index (χ1) is 7.24. The largest absolute Gasteiger partial charge is 0.329 e. The molecule has 15 heavy (non-hydrogen) atoms. The van der Waals surface area contributed by atoms with Crippen LogP contribution in [0.15, 0.2) is 24.3 Å². The average Bonchev–Trinajstić information content (AvgIpc) is 2.30. The third-order valence-corrected chi connectivity index (χ3v) is 3.05. The van der Waals surface area contributed by atoms with Crippen LogP contribution in [0.3, 0.4) is 0 Å². The number of likely N-dealkylation sites (N-methyl/N-ethyl adjacent to an activating group) is 1. The Labute approximate surface area is 93.1 Å². The van der Waals surface area contributed by atoms with E-state index in [9.17, 15) is 0 Å². The van der Waals surface area contributed by atoms with Crippen LogP contribution < -0.4 is 5.73 Å². The van der Waals surface area contributed by atoms with E-state index in [1.165, 1.54) is 11.1 Å². The number of nitrogens with zero attached hydrogens (tertiary/aromatic N) is 1. The zero-order valence-corrected chi connectivity index (χ0v) is 10.0. The number of rotatable bonds is 5. The minimum atomic E-state index is 0.353. The summed E-state index contributed by atoms with van der Waals surface area (Å²) in [6.45, 7) is 6.07. The first-order valence-electron chi connectivity index (χ1n) is 5.72. The lowest BCUT2D eigenvalue weighted by Crippen LogP contribution is -2.31. The summed E-state index contributed by atoms with van der Waals surface area (Å²) in [5.74, 6) is 0. The molecule has 0 aliphatic carbocycles. The standard InChI is InChI=1S/C13H22N2/c1-4-11-8-6-7-9-12(11)13(10-14)15(3)5-2/h6-9,13H,4-5,10,14H2,1-3H3. The van der Waals surface area contributed by atoms with Gasteiger partial charge < -0.3 is 5.73 Å². The van der Waals surface area contributed by atoms with E-state index in [-0.39, 0.29) is 0 Å². The molecular formula is C13H22N2. The summed E-state index contributed by atoms with van der Waals surface area (Å²) in [7, 11) is 2.13. The maximum atomic E-state index is 5.86. The SMILES string of the molecule is CCc1ccccc1C(CN)N(C)CC. The molecule has 84 valence electrons. The van der Waals surface area contributed by atoms with Gasteiger partial charge in [-0.15, -0.1) is 0 Å². The molecule has 0 fully saturated rings. The van der Waals surface area contributed by atoms with Crippen LogP contribution in [0.2, 0.25) is 0 Å². The molecule has 1 atom stereocenters. The molecule has 0 saturated carbocycles.